The highest BCUT2D eigenvalue weighted by molar-refractivity contribution is 5.87. The Hall–Kier alpha value is -2.64. The number of fused-ring (bicyclic) bond motifs is 3. The third-order valence-electron chi connectivity index (χ3n) is 6.30. The molecule has 0 radical (unpaired) electrons. The van der Waals surface area contributed by atoms with Gasteiger partial charge in [0.1, 0.15) is 24.3 Å². The van der Waals surface area contributed by atoms with Crippen molar-refractivity contribution in [3.8, 4) is 16.9 Å². The number of piperidine rings is 3. The van der Waals surface area contributed by atoms with Crippen LogP contribution in [0.1, 0.15) is 26.7 Å². The van der Waals surface area contributed by atoms with Gasteiger partial charge in [0.2, 0.25) is 0 Å². The third kappa shape index (κ3) is 5.22. The maximum absolute atomic E-state index is 13.1. The van der Waals surface area contributed by atoms with Gasteiger partial charge in [0.05, 0.1) is 6.61 Å². The van der Waals surface area contributed by atoms with Crippen molar-refractivity contribution in [3.63, 3.8) is 0 Å². The second kappa shape index (κ2) is 10.3. The van der Waals surface area contributed by atoms with Crippen molar-refractivity contribution in [1.29, 1.82) is 0 Å². The number of carbonyl (C=O) groups excluding carboxylic acids is 1. The number of hydrogen-bond donors (Lipinski definition) is 0. The van der Waals surface area contributed by atoms with Crippen LogP contribution in [-0.2, 0) is 9.47 Å². The topological polar surface area (TPSA) is 64.1 Å². The number of rotatable bonds is 8. The smallest absolute Gasteiger partial charge is 0.416 e. The minimum atomic E-state index is -0.309. The quantitative estimate of drug-likeness (QED) is 0.574. The summed E-state index contributed by atoms with van der Waals surface area (Å²) < 4.78 is 16.6. The fourth-order valence-electron chi connectivity index (χ4n) is 4.49. The number of hydrogen-bond acceptors (Lipinski definition) is 6. The van der Waals surface area contributed by atoms with E-state index in [2.05, 4.69) is 9.88 Å². The summed E-state index contributed by atoms with van der Waals surface area (Å²) in [5, 5.41) is 0. The van der Waals surface area contributed by atoms with Crippen LogP contribution < -0.4 is 9.64 Å². The van der Waals surface area contributed by atoms with Crippen LogP contribution in [0.4, 0.5) is 10.6 Å². The summed E-state index contributed by atoms with van der Waals surface area (Å²) in [5.74, 6) is 1.89. The van der Waals surface area contributed by atoms with E-state index in [-0.39, 0.29) is 18.2 Å². The third-order valence-corrected chi connectivity index (χ3v) is 6.30. The predicted molar refractivity (Wildman–Crippen MR) is 124 cm³/mol. The van der Waals surface area contributed by atoms with Gasteiger partial charge >= 0.3 is 6.09 Å². The minimum Gasteiger partial charge on any atom is -0.491 e. The molecular formula is C25H33N3O4. The second-order valence-electron chi connectivity index (χ2n) is 8.79. The number of carbonyl (C=O) groups is 1. The van der Waals surface area contributed by atoms with Crippen molar-refractivity contribution >= 4 is 11.9 Å². The van der Waals surface area contributed by atoms with E-state index in [1.165, 1.54) is 0 Å². The molecular weight excluding hydrogens is 406 g/mol. The molecule has 5 rings (SSSR count). The fraction of sp³-hybridized carbons (Fsp3) is 0.520. The molecule has 32 heavy (non-hydrogen) atoms. The van der Waals surface area contributed by atoms with Gasteiger partial charge in [0.15, 0.2) is 0 Å². The van der Waals surface area contributed by atoms with Crippen LogP contribution in [0.15, 0.2) is 42.6 Å². The molecule has 7 nitrogen and oxygen atoms in total. The normalized spacial score (nSPS) is 22.1. The standard InChI is InChI=1S/C25H33N3O4/c1-18(2)28(25(29)32-23-17-27-12-10-20(23)11-13-27)24-9-6-21(16-26-24)19-4-7-22(8-5-19)31-15-14-30-3/h4-9,16,18,20,23H,10-15,17H2,1-3H3. The van der Waals surface area contributed by atoms with Crippen molar-refractivity contribution in [2.75, 3.05) is 44.9 Å². The van der Waals surface area contributed by atoms with Gasteiger partial charge < -0.3 is 14.2 Å². The predicted octanol–water partition coefficient (Wildman–Crippen LogP) is 4.22. The largest absolute Gasteiger partial charge is 0.491 e. The SMILES string of the molecule is COCCOc1ccc(-c2ccc(N(C(=O)OC3CN4CCC3CC4)C(C)C)nc2)cc1. The van der Waals surface area contributed by atoms with Crippen molar-refractivity contribution in [1.82, 2.24) is 9.88 Å². The summed E-state index contributed by atoms with van der Waals surface area (Å²) in [5.41, 5.74) is 2.01. The van der Waals surface area contributed by atoms with E-state index in [4.69, 9.17) is 14.2 Å². The summed E-state index contributed by atoms with van der Waals surface area (Å²) in [6.07, 6.45) is 3.70. The molecule has 0 saturated carbocycles. The highest BCUT2D eigenvalue weighted by Crippen LogP contribution is 2.31. The van der Waals surface area contributed by atoms with Gasteiger partial charge in [0.25, 0.3) is 0 Å². The molecule has 1 unspecified atom stereocenters. The number of amides is 1. The molecule has 172 valence electrons. The first kappa shape index (κ1) is 22.6. The molecule has 0 aliphatic carbocycles. The Morgan fingerprint density at radius 3 is 2.38 bits per heavy atom. The van der Waals surface area contributed by atoms with Crippen LogP contribution in [0.3, 0.4) is 0 Å². The number of ether oxygens (including phenoxy) is 3. The first-order valence-electron chi connectivity index (χ1n) is 11.5. The van der Waals surface area contributed by atoms with Gasteiger partial charge in [-0.05, 0) is 75.5 Å². The van der Waals surface area contributed by atoms with Crippen LogP contribution in [0.25, 0.3) is 11.1 Å². The van der Waals surface area contributed by atoms with E-state index in [1.54, 1.807) is 18.2 Å². The molecule has 7 heteroatoms. The van der Waals surface area contributed by atoms with Crippen molar-refractivity contribution in [2.24, 2.45) is 5.92 Å². The van der Waals surface area contributed by atoms with Gasteiger partial charge in [-0.1, -0.05) is 12.1 Å². The molecule has 3 saturated heterocycles. The van der Waals surface area contributed by atoms with Crippen molar-refractivity contribution < 1.29 is 19.0 Å². The molecule has 2 bridgehead atoms. The average Bonchev–Trinajstić information content (AvgIpc) is 2.81. The van der Waals surface area contributed by atoms with Crippen LogP contribution in [0.2, 0.25) is 0 Å². The number of anilines is 1. The van der Waals surface area contributed by atoms with E-state index >= 15 is 0 Å². The number of pyridine rings is 1. The van der Waals surface area contributed by atoms with E-state index in [9.17, 15) is 4.79 Å². The van der Waals surface area contributed by atoms with Crippen molar-refractivity contribution in [3.05, 3.63) is 42.6 Å². The summed E-state index contributed by atoms with van der Waals surface area (Å²) in [4.78, 5) is 21.7. The Morgan fingerprint density at radius 2 is 1.81 bits per heavy atom. The second-order valence-corrected chi connectivity index (χ2v) is 8.79. The fourth-order valence-corrected chi connectivity index (χ4v) is 4.49. The van der Waals surface area contributed by atoms with Crippen LogP contribution in [0, 0.1) is 5.92 Å². The lowest BCUT2D eigenvalue weighted by Gasteiger charge is -2.44. The Bertz CT molecular complexity index is 877. The molecule has 3 aliphatic heterocycles. The summed E-state index contributed by atoms with van der Waals surface area (Å²) >= 11 is 0. The van der Waals surface area contributed by atoms with E-state index in [1.807, 2.05) is 50.2 Å². The maximum Gasteiger partial charge on any atom is 0.416 e. The maximum atomic E-state index is 13.1. The Labute approximate surface area is 190 Å². The molecule has 1 atom stereocenters. The first-order chi connectivity index (χ1) is 15.5. The lowest BCUT2D eigenvalue weighted by atomic mass is 9.86. The van der Waals surface area contributed by atoms with Gasteiger partial charge in [-0.3, -0.25) is 9.80 Å². The van der Waals surface area contributed by atoms with E-state index in [0.717, 1.165) is 49.4 Å². The van der Waals surface area contributed by atoms with Crippen molar-refractivity contribution in [2.45, 2.75) is 38.8 Å². The van der Waals surface area contributed by atoms with E-state index in [0.29, 0.717) is 24.9 Å². The lowest BCUT2D eigenvalue weighted by Crippen LogP contribution is -2.53. The summed E-state index contributed by atoms with van der Waals surface area (Å²) in [7, 11) is 1.65. The van der Waals surface area contributed by atoms with E-state index < -0.39 is 0 Å². The van der Waals surface area contributed by atoms with Gasteiger partial charge in [0, 0.05) is 31.5 Å². The molecule has 3 aliphatic rings. The number of nitrogens with zero attached hydrogens (tertiary/aromatic N) is 3. The molecule has 0 N–H and O–H groups in total. The average molecular weight is 440 g/mol. The zero-order valence-electron chi connectivity index (χ0n) is 19.2. The molecule has 3 fully saturated rings. The molecule has 0 spiro atoms. The number of aromatic nitrogens is 1. The molecule has 1 amide bonds. The first-order valence-corrected chi connectivity index (χ1v) is 11.5. The Morgan fingerprint density at radius 1 is 1.09 bits per heavy atom. The lowest BCUT2D eigenvalue weighted by molar-refractivity contribution is -0.0314. The highest BCUT2D eigenvalue weighted by Gasteiger charge is 2.37. The Balaban J connectivity index is 1.42. The molecule has 2 aromatic rings. The molecule has 4 heterocycles. The number of methoxy groups -OCH3 is 1. The van der Waals surface area contributed by atoms with Crippen LogP contribution in [0.5, 0.6) is 5.75 Å². The van der Waals surface area contributed by atoms with Gasteiger partial charge in [-0.2, -0.15) is 0 Å². The monoisotopic (exact) mass is 439 g/mol. The highest BCUT2D eigenvalue weighted by atomic mass is 16.6. The van der Waals surface area contributed by atoms with Gasteiger partial charge in [-0.15, -0.1) is 0 Å². The summed E-state index contributed by atoms with van der Waals surface area (Å²) in [6.45, 7) is 8.13. The van der Waals surface area contributed by atoms with Gasteiger partial charge in [-0.25, -0.2) is 9.78 Å². The molecule has 1 aromatic heterocycles. The summed E-state index contributed by atoms with van der Waals surface area (Å²) in [6, 6.07) is 11.7. The zero-order valence-corrected chi connectivity index (χ0v) is 19.2. The Kier molecular flexibility index (Phi) is 7.27. The van der Waals surface area contributed by atoms with Crippen LogP contribution >= 0.6 is 0 Å². The minimum absolute atomic E-state index is 0.0184. The molecule has 1 aromatic carbocycles. The zero-order chi connectivity index (χ0) is 22.5. The van der Waals surface area contributed by atoms with Crippen LogP contribution in [-0.4, -0.2) is 68.1 Å². The number of benzene rings is 1.